The van der Waals surface area contributed by atoms with E-state index in [0.717, 1.165) is 28.0 Å². The van der Waals surface area contributed by atoms with E-state index in [1.807, 2.05) is 45.9 Å². The van der Waals surface area contributed by atoms with Crippen LogP contribution in [0.25, 0.3) is 0 Å². The summed E-state index contributed by atoms with van der Waals surface area (Å²) >= 11 is 0. The van der Waals surface area contributed by atoms with Crippen molar-refractivity contribution in [2.45, 2.75) is 27.7 Å². The second kappa shape index (κ2) is 7.64. The van der Waals surface area contributed by atoms with Crippen molar-refractivity contribution in [3.05, 3.63) is 58.1 Å². The highest BCUT2D eigenvalue weighted by Crippen LogP contribution is 2.25. The zero-order valence-electron chi connectivity index (χ0n) is 14.4. The molecule has 24 heavy (non-hydrogen) atoms. The molecule has 2 N–H and O–H groups in total. The molecule has 2 rings (SSSR count). The van der Waals surface area contributed by atoms with Gasteiger partial charge in [0.1, 0.15) is 11.5 Å². The number of rotatable bonds is 5. The Bertz CT molecular complexity index is 782. The van der Waals surface area contributed by atoms with Gasteiger partial charge in [-0.15, -0.1) is 0 Å². The first-order chi connectivity index (χ1) is 11.4. The third-order valence-corrected chi connectivity index (χ3v) is 3.80. The van der Waals surface area contributed by atoms with Gasteiger partial charge in [-0.2, -0.15) is 5.10 Å². The quantitative estimate of drug-likeness (QED) is 0.655. The average Bonchev–Trinajstić information content (AvgIpc) is 2.53. The number of phenolic OH excluding ortho intramolecular Hbond substituents is 1. The van der Waals surface area contributed by atoms with Crippen molar-refractivity contribution in [1.82, 2.24) is 5.43 Å². The number of amides is 1. The van der Waals surface area contributed by atoms with Gasteiger partial charge in [0.2, 0.25) is 0 Å². The summed E-state index contributed by atoms with van der Waals surface area (Å²) in [4.78, 5) is 11.8. The fourth-order valence-corrected chi connectivity index (χ4v) is 2.25. The van der Waals surface area contributed by atoms with Gasteiger partial charge in [0.05, 0.1) is 6.21 Å². The molecule has 0 radical (unpaired) electrons. The molecule has 0 spiro atoms. The number of hydrogen-bond donors (Lipinski definition) is 2. The van der Waals surface area contributed by atoms with Gasteiger partial charge in [-0.25, -0.2) is 5.43 Å². The van der Waals surface area contributed by atoms with E-state index >= 15 is 0 Å². The van der Waals surface area contributed by atoms with Crippen LogP contribution in [0.3, 0.4) is 0 Å². The Kier molecular flexibility index (Phi) is 5.58. The summed E-state index contributed by atoms with van der Waals surface area (Å²) in [6.45, 7) is 7.67. The normalized spacial score (nSPS) is 10.8. The summed E-state index contributed by atoms with van der Waals surface area (Å²) in [6, 6.07) is 9.21. The molecule has 0 heterocycles. The minimum atomic E-state index is -0.363. The Hall–Kier alpha value is -2.82. The van der Waals surface area contributed by atoms with Crippen molar-refractivity contribution < 1.29 is 14.6 Å². The molecule has 126 valence electrons. The van der Waals surface area contributed by atoms with E-state index in [0.29, 0.717) is 5.56 Å². The first-order valence-corrected chi connectivity index (χ1v) is 7.69. The molecular formula is C19H22N2O3. The van der Waals surface area contributed by atoms with Crippen LogP contribution in [0.5, 0.6) is 11.5 Å². The molecule has 0 aliphatic heterocycles. The maximum atomic E-state index is 11.8. The predicted molar refractivity (Wildman–Crippen MR) is 94.7 cm³/mol. The Labute approximate surface area is 142 Å². The Morgan fingerprint density at radius 2 is 1.88 bits per heavy atom. The van der Waals surface area contributed by atoms with E-state index in [2.05, 4.69) is 10.5 Å². The molecule has 0 bridgehead atoms. The highest BCUT2D eigenvalue weighted by Gasteiger charge is 2.08. The van der Waals surface area contributed by atoms with E-state index in [1.165, 1.54) is 6.21 Å². The van der Waals surface area contributed by atoms with Crippen molar-refractivity contribution in [1.29, 1.82) is 0 Å². The third kappa shape index (κ3) is 4.35. The number of benzene rings is 2. The van der Waals surface area contributed by atoms with Crippen molar-refractivity contribution in [2.24, 2.45) is 5.10 Å². The molecule has 0 saturated heterocycles. The summed E-state index contributed by atoms with van der Waals surface area (Å²) in [5.74, 6) is 0.485. The highest BCUT2D eigenvalue weighted by molar-refractivity contribution is 5.85. The minimum Gasteiger partial charge on any atom is -0.507 e. The summed E-state index contributed by atoms with van der Waals surface area (Å²) in [5.41, 5.74) is 7.00. The van der Waals surface area contributed by atoms with Crippen LogP contribution in [-0.2, 0) is 4.79 Å². The van der Waals surface area contributed by atoms with Gasteiger partial charge in [-0.1, -0.05) is 18.2 Å². The molecule has 2 aromatic rings. The summed E-state index contributed by atoms with van der Waals surface area (Å²) in [6.07, 6.45) is 1.40. The Morgan fingerprint density at radius 3 is 2.58 bits per heavy atom. The SMILES string of the molecule is Cc1ccc(/C=N/NC(=O)COc2c(C)ccc(C)c2C)c(O)c1. The Morgan fingerprint density at radius 1 is 1.17 bits per heavy atom. The number of nitrogens with zero attached hydrogens (tertiary/aromatic N) is 1. The minimum absolute atomic E-state index is 0.121. The number of hydrazone groups is 1. The molecule has 2 aromatic carbocycles. The number of aromatic hydroxyl groups is 1. The number of aryl methyl sites for hydroxylation is 3. The smallest absolute Gasteiger partial charge is 0.277 e. The fraction of sp³-hybridized carbons (Fsp3) is 0.263. The van der Waals surface area contributed by atoms with Crippen LogP contribution in [0.2, 0.25) is 0 Å². The molecule has 0 fully saturated rings. The second-order valence-corrected chi connectivity index (χ2v) is 5.80. The summed E-state index contributed by atoms with van der Waals surface area (Å²) in [7, 11) is 0. The van der Waals surface area contributed by atoms with E-state index in [9.17, 15) is 9.90 Å². The number of carbonyl (C=O) groups is 1. The zero-order valence-corrected chi connectivity index (χ0v) is 14.4. The number of hydrogen-bond acceptors (Lipinski definition) is 4. The number of ether oxygens (including phenoxy) is 1. The van der Waals surface area contributed by atoms with Crippen LogP contribution in [0, 0.1) is 27.7 Å². The van der Waals surface area contributed by atoms with Gasteiger partial charge in [-0.05, 0) is 62.1 Å². The van der Waals surface area contributed by atoms with Gasteiger partial charge in [0.25, 0.3) is 5.91 Å². The topological polar surface area (TPSA) is 70.9 Å². The lowest BCUT2D eigenvalue weighted by Crippen LogP contribution is -2.25. The predicted octanol–water partition coefficient (Wildman–Crippen LogP) is 3.15. The zero-order chi connectivity index (χ0) is 17.7. The fourth-order valence-electron chi connectivity index (χ4n) is 2.25. The molecular weight excluding hydrogens is 304 g/mol. The number of nitrogens with one attached hydrogen (secondary N) is 1. The van der Waals surface area contributed by atoms with Crippen LogP contribution in [0.15, 0.2) is 35.4 Å². The molecule has 5 heteroatoms. The highest BCUT2D eigenvalue weighted by atomic mass is 16.5. The van der Waals surface area contributed by atoms with Crippen molar-refractivity contribution in [2.75, 3.05) is 6.61 Å². The number of carbonyl (C=O) groups excluding carboxylic acids is 1. The molecule has 0 aliphatic rings. The molecule has 0 aromatic heterocycles. The summed E-state index contributed by atoms with van der Waals surface area (Å²) in [5, 5.41) is 13.6. The summed E-state index contributed by atoms with van der Waals surface area (Å²) < 4.78 is 5.62. The van der Waals surface area contributed by atoms with E-state index in [4.69, 9.17) is 4.74 Å². The van der Waals surface area contributed by atoms with Gasteiger partial charge >= 0.3 is 0 Å². The van der Waals surface area contributed by atoms with Crippen molar-refractivity contribution >= 4 is 12.1 Å². The molecule has 0 unspecified atom stereocenters. The lowest BCUT2D eigenvalue weighted by Gasteiger charge is -2.13. The first kappa shape index (κ1) is 17.5. The largest absolute Gasteiger partial charge is 0.507 e. The van der Waals surface area contributed by atoms with Crippen molar-refractivity contribution in [3.8, 4) is 11.5 Å². The molecule has 0 atom stereocenters. The third-order valence-electron chi connectivity index (χ3n) is 3.80. The van der Waals surface area contributed by atoms with E-state index in [1.54, 1.807) is 12.1 Å². The second-order valence-electron chi connectivity index (χ2n) is 5.80. The molecule has 1 amide bonds. The lowest BCUT2D eigenvalue weighted by molar-refractivity contribution is -0.123. The average molecular weight is 326 g/mol. The maximum absolute atomic E-state index is 11.8. The van der Waals surface area contributed by atoms with Gasteiger partial charge in [0, 0.05) is 5.56 Å². The van der Waals surface area contributed by atoms with E-state index < -0.39 is 0 Å². The maximum Gasteiger partial charge on any atom is 0.277 e. The Balaban J connectivity index is 1.92. The van der Waals surface area contributed by atoms with Gasteiger partial charge in [-0.3, -0.25) is 4.79 Å². The standard InChI is InChI=1S/C19H22N2O3/c1-12-5-8-16(17(22)9-12)10-20-21-18(23)11-24-19-14(3)7-6-13(2)15(19)4/h5-10,22H,11H2,1-4H3,(H,21,23)/b20-10+. The number of phenols is 1. The first-order valence-electron chi connectivity index (χ1n) is 7.69. The van der Waals surface area contributed by atoms with E-state index in [-0.39, 0.29) is 18.3 Å². The van der Waals surface area contributed by atoms with Crippen LogP contribution in [0.1, 0.15) is 27.8 Å². The van der Waals surface area contributed by atoms with Crippen LogP contribution in [0.4, 0.5) is 0 Å². The molecule has 5 nitrogen and oxygen atoms in total. The van der Waals surface area contributed by atoms with Gasteiger partial charge < -0.3 is 9.84 Å². The monoisotopic (exact) mass is 326 g/mol. The van der Waals surface area contributed by atoms with Crippen LogP contribution >= 0.6 is 0 Å². The van der Waals surface area contributed by atoms with Crippen LogP contribution < -0.4 is 10.2 Å². The lowest BCUT2D eigenvalue weighted by atomic mass is 10.1. The molecule has 0 aliphatic carbocycles. The van der Waals surface area contributed by atoms with Gasteiger partial charge in [0.15, 0.2) is 6.61 Å². The molecule has 0 saturated carbocycles. The van der Waals surface area contributed by atoms with Crippen LogP contribution in [-0.4, -0.2) is 23.8 Å². The van der Waals surface area contributed by atoms with Crippen molar-refractivity contribution in [3.63, 3.8) is 0 Å².